The van der Waals surface area contributed by atoms with Crippen molar-refractivity contribution in [1.82, 2.24) is 10.2 Å². The van der Waals surface area contributed by atoms with Gasteiger partial charge in [0, 0.05) is 18.2 Å². The van der Waals surface area contributed by atoms with E-state index in [4.69, 9.17) is 4.42 Å². The third-order valence-corrected chi connectivity index (χ3v) is 4.14. The van der Waals surface area contributed by atoms with E-state index in [0.29, 0.717) is 12.0 Å². The highest BCUT2D eigenvalue weighted by Gasteiger charge is 2.18. The van der Waals surface area contributed by atoms with Crippen LogP contribution >= 0.6 is 0 Å². The van der Waals surface area contributed by atoms with Crippen LogP contribution in [0.3, 0.4) is 0 Å². The van der Waals surface area contributed by atoms with Gasteiger partial charge in [-0.15, -0.1) is 0 Å². The summed E-state index contributed by atoms with van der Waals surface area (Å²) in [5, 5.41) is 3.46. The van der Waals surface area contributed by atoms with Crippen molar-refractivity contribution in [3.05, 3.63) is 23.7 Å². The molecular weight excluding hydrogens is 248 g/mol. The topological polar surface area (TPSA) is 28.4 Å². The summed E-state index contributed by atoms with van der Waals surface area (Å²) in [5.74, 6) is 1.81. The van der Waals surface area contributed by atoms with E-state index in [1.54, 1.807) is 0 Å². The maximum Gasteiger partial charge on any atom is 0.118 e. The molecular formula is C17H30N2O. The molecule has 1 N–H and O–H groups in total. The summed E-state index contributed by atoms with van der Waals surface area (Å²) in [6, 6.07) is 2.90. The first-order valence-corrected chi connectivity index (χ1v) is 8.16. The lowest BCUT2D eigenvalue weighted by Gasteiger charge is -2.25. The number of furan rings is 1. The molecule has 3 nitrogen and oxygen atoms in total. The molecule has 2 rings (SSSR count). The predicted molar refractivity (Wildman–Crippen MR) is 83.6 cm³/mol. The fraction of sp³-hybridized carbons (Fsp3) is 0.765. The molecule has 0 radical (unpaired) electrons. The predicted octanol–water partition coefficient (Wildman–Crippen LogP) is 3.79. The van der Waals surface area contributed by atoms with E-state index in [-0.39, 0.29) is 0 Å². The van der Waals surface area contributed by atoms with Gasteiger partial charge in [-0.25, -0.2) is 0 Å². The van der Waals surface area contributed by atoms with Gasteiger partial charge in [-0.2, -0.15) is 0 Å². The first kappa shape index (κ1) is 15.6. The molecule has 1 aromatic rings. The van der Waals surface area contributed by atoms with Gasteiger partial charge in [0.15, 0.2) is 0 Å². The molecule has 0 spiro atoms. The van der Waals surface area contributed by atoms with Gasteiger partial charge in [-0.05, 0) is 44.8 Å². The van der Waals surface area contributed by atoms with Crippen LogP contribution in [0.2, 0.25) is 0 Å². The maximum atomic E-state index is 5.73. The van der Waals surface area contributed by atoms with Crippen molar-refractivity contribution in [2.75, 3.05) is 13.1 Å². The summed E-state index contributed by atoms with van der Waals surface area (Å²) in [6.45, 7) is 11.0. The van der Waals surface area contributed by atoms with Gasteiger partial charge < -0.3 is 9.73 Å². The molecule has 0 bridgehead atoms. The minimum Gasteiger partial charge on any atom is -0.468 e. The Hall–Kier alpha value is -0.800. The average Bonchev–Trinajstić information content (AvgIpc) is 2.74. The van der Waals surface area contributed by atoms with E-state index in [1.165, 1.54) is 37.8 Å². The Morgan fingerprint density at radius 3 is 3.00 bits per heavy atom. The lowest BCUT2D eigenvalue weighted by Crippen LogP contribution is -2.31. The first-order valence-electron chi connectivity index (χ1n) is 8.16. The molecule has 0 amide bonds. The summed E-state index contributed by atoms with van der Waals surface area (Å²) in [7, 11) is 0. The van der Waals surface area contributed by atoms with Crippen molar-refractivity contribution in [3.8, 4) is 0 Å². The summed E-state index contributed by atoms with van der Waals surface area (Å²) < 4.78 is 5.73. The fourth-order valence-corrected chi connectivity index (χ4v) is 2.88. The van der Waals surface area contributed by atoms with Crippen LogP contribution in [0.5, 0.6) is 0 Å². The van der Waals surface area contributed by atoms with Crippen molar-refractivity contribution in [1.29, 1.82) is 0 Å². The second-order valence-electron chi connectivity index (χ2n) is 6.61. The second-order valence-corrected chi connectivity index (χ2v) is 6.61. The highest BCUT2D eigenvalue weighted by molar-refractivity contribution is 5.12. The summed E-state index contributed by atoms with van der Waals surface area (Å²) in [4.78, 5) is 2.57. The van der Waals surface area contributed by atoms with E-state index in [0.717, 1.165) is 25.4 Å². The Morgan fingerprint density at radius 1 is 1.35 bits per heavy atom. The van der Waals surface area contributed by atoms with Crippen LogP contribution in [-0.2, 0) is 13.1 Å². The Morgan fingerprint density at radius 2 is 2.20 bits per heavy atom. The molecule has 1 aliphatic heterocycles. The van der Waals surface area contributed by atoms with Crippen molar-refractivity contribution in [2.45, 2.75) is 65.6 Å². The molecule has 114 valence electrons. The molecule has 0 saturated carbocycles. The summed E-state index contributed by atoms with van der Waals surface area (Å²) >= 11 is 0. The van der Waals surface area contributed by atoms with Gasteiger partial charge in [-0.1, -0.05) is 26.7 Å². The molecule has 1 aromatic heterocycles. The van der Waals surface area contributed by atoms with Gasteiger partial charge in [0.1, 0.15) is 5.76 Å². The van der Waals surface area contributed by atoms with Crippen molar-refractivity contribution in [3.63, 3.8) is 0 Å². The molecule has 0 aliphatic carbocycles. The largest absolute Gasteiger partial charge is 0.468 e. The molecule has 0 aromatic carbocycles. The lowest BCUT2D eigenvalue weighted by atomic mass is 10.1. The standard InChI is InChI=1S/C17H30N2O/c1-14(2)10-18-11-16-9-17(20-13-16)12-19-8-6-4-5-7-15(19)3/h9,13-15,18H,4-8,10-12H2,1-3H3. The number of nitrogens with one attached hydrogen (secondary N) is 1. The average molecular weight is 278 g/mol. The zero-order chi connectivity index (χ0) is 14.4. The Balaban J connectivity index is 1.82. The van der Waals surface area contributed by atoms with Crippen LogP contribution in [0.15, 0.2) is 16.7 Å². The first-order chi connectivity index (χ1) is 9.65. The maximum absolute atomic E-state index is 5.73. The molecule has 1 aliphatic rings. The monoisotopic (exact) mass is 278 g/mol. The zero-order valence-corrected chi connectivity index (χ0v) is 13.3. The highest BCUT2D eigenvalue weighted by Crippen LogP contribution is 2.19. The number of hydrogen-bond donors (Lipinski definition) is 1. The SMILES string of the molecule is CC(C)CNCc1coc(CN2CCCCCC2C)c1. The number of nitrogens with zero attached hydrogens (tertiary/aromatic N) is 1. The quantitative estimate of drug-likeness (QED) is 0.858. The minimum atomic E-state index is 0.685. The Labute approximate surface area is 123 Å². The van der Waals surface area contributed by atoms with Gasteiger partial charge in [0.2, 0.25) is 0 Å². The normalized spacial score (nSPS) is 21.3. The van der Waals surface area contributed by atoms with E-state index in [9.17, 15) is 0 Å². The fourth-order valence-electron chi connectivity index (χ4n) is 2.88. The molecule has 3 heteroatoms. The highest BCUT2D eigenvalue weighted by atomic mass is 16.3. The van der Waals surface area contributed by atoms with Crippen LogP contribution in [0.1, 0.15) is 57.8 Å². The van der Waals surface area contributed by atoms with E-state index < -0.39 is 0 Å². The molecule has 1 atom stereocenters. The third kappa shape index (κ3) is 4.95. The molecule has 2 heterocycles. The van der Waals surface area contributed by atoms with Crippen molar-refractivity contribution in [2.24, 2.45) is 5.92 Å². The van der Waals surface area contributed by atoms with Crippen LogP contribution in [-0.4, -0.2) is 24.0 Å². The minimum absolute atomic E-state index is 0.685. The Kier molecular flexibility index (Phi) is 6.11. The Bertz CT molecular complexity index is 386. The van der Waals surface area contributed by atoms with Crippen LogP contribution in [0.4, 0.5) is 0 Å². The van der Waals surface area contributed by atoms with Crippen molar-refractivity contribution >= 4 is 0 Å². The van der Waals surface area contributed by atoms with Gasteiger partial charge in [-0.3, -0.25) is 4.90 Å². The van der Waals surface area contributed by atoms with Crippen LogP contribution in [0.25, 0.3) is 0 Å². The third-order valence-electron chi connectivity index (χ3n) is 4.14. The zero-order valence-electron chi connectivity index (χ0n) is 13.3. The smallest absolute Gasteiger partial charge is 0.118 e. The number of likely N-dealkylation sites (tertiary alicyclic amines) is 1. The molecule has 1 unspecified atom stereocenters. The number of rotatable bonds is 6. The van der Waals surface area contributed by atoms with E-state index in [1.807, 2.05) is 6.26 Å². The number of hydrogen-bond acceptors (Lipinski definition) is 3. The molecule has 1 saturated heterocycles. The van der Waals surface area contributed by atoms with Crippen LogP contribution < -0.4 is 5.32 Å². The van der Waals surface area contributed by atoms with Gasteiger partial charge in [0.05, 0.1) is 12.8 Å². The van der Waals surface area contributed by atoms with Gasteiger partial charge in [0.25, 0.3) is 0 Å². The second kappa shape index (κ2) is 7.84. The van der Waals surface area contributed by atoms with Crippen LogP contribution in [0, 0.1) is 5.92 Å². The van der Waals surface area contributed by atoms with Crippen molar-refractivity contribution < 1.29 is 4.42 Å². The lowest BCUT2D eigenvalue weighted by molar-refractivity contribution is 0.189. The van der Waals surface area contributed by atoms with Gasteiger partial charge >= 0.3 is 0 Å². The van der Waals surface area contributed by atoms with E-state index >= 15 is 0 Å². The molecule has 1 fully saturated rings. The molecule has 20 heavy (non-hydrogen) atoms. The summed E-state index contributed by atoms with van der Waals surface area (Å²) in [5.41, 5.74) is 1.27. The summed E-state index contributed by atoms with van der Waals surface area (Å²) in [6.07, 6.45) is 7.31. The van der Waals surface area contributed by atoms with E-state index in [2.05, 4.69) is 37.1 Å².